The van der Waals surface area contributed by atoms with Crippen LogP contribution in [0.5, 0.6) is 0 Å². The number of hydrogen-bond acceptors (Lipinski definition) is 4. The van der Waals surface area contributed by atoms with Gasteiger partial charge in [-0.15, -0.1) is 11.8 Å². The van der Waals surface area contributed by atoms with Crippen LogP contribution in [0.15, 0.2) is 46.3 Å². The Labute approximate surface area is 107 Å². The summed E-state index contributed by atoms with van der Waals surface area (Å²) in [5, 5.41) is 0.784. The zero-order chi connectivity index (χ0) is 12.5. The standard InChI is InChI=1S/C12H10N4OS/c1-18-9-7-13-10-11(14-9)16(12(17)15-10)8-5-3-2-4-6-8/h2-7H,1H3,(H,13,15,17). The Morgan fingerprint density at radius 1 is 1.28 bits per heavy atom. The molecule has 0 aliphatic rings. The van der Waals surface area contributed by atoms with Gasteiger partial charge in [-0.1, -0.05) is 18.2 Å². The van der Waals surface area contributed by atoms with E-state index in [-0.39, 0.29) is 5.69 Å². The lowest BCUT2D eigenvalue weighted by molar-refractivity contribution is 0.985. The first-order chi connectivity index (χ1) is 8.79. The summed E-state index contributed by atoms with van der Waals surface area (Å²) in [6, 6.07) is 9.39. The highest BCUT2D eigenvalue weighted by atomic mass is 32.2. The largest absolute Gasteiger partial charge is 0.333 e. The molecule has 90 valence electrons. The number of fused-ring (bicyclic) bond motifs is 1. The molecule has 6 heteroatoms. The molecular formula is C12H10N4OS. The molecule has 1 N–H and O–H groups in total. The second kappa shape index (κ2) is 4.30. The lowest BCUT2D eigenvalue weighted by Gasteiger charge is -2.02. The number of benzene rings is 1. The van der Waals surface area contributed by atoms with Crippen molar-refractivity contribution in [3.8, 4) is 5.69 Å². The maximum Gasteiger partial charge on any atom is 0.333 e. The number of para-hydroxylation sites is 1. The van der Waals surface area contributed by atoms with E-state index in [0.717, 1.165) is 10.7 Å². The zero-order valence-corrected chi connectivity index (χ0v) is 10.4. The number of thioether (sulfide) groups is 1. The third kappa shape index (κ3) is 1.70. The summed E-state index contributed by atoms with van der Waals surface area (Å²) < 4.78 is 1.53. The Morgan fingerprint density at radius 2 is 2.06 bits per heavy atom. The minimum atomic E-state index is -0.227. The fraction of sp³-hybridized carbons (Fsp3) is 0.0833. The van der Waals surface area contributed by atoms with E-state index in [1.54, 1.807) is 6.20 Å². The summed E-state index contributed by atoms with van der Waals surface area (Å²) in [5.41, 5.74) is 1.61. The summed E-state index contributed by atoms with van der Waals surface area (Å²) >= 11 is 1.49. The average Bonchev–Trinajstić information content (AvgIpc) is 2.74. The zero-order valence-electron chi connectivity index (χ0n) is 9.62. The summed E-state index contributed by atoms with van der Waals surface area (Å²) in [6.07, 6.45) is 3.58. The number of nitrogens with zero attached hydrogens (tertiary/aromatic N) is 3. The molecule has 0 aliphatic heterocycles. The SMILES string of the molecule is CSc1cnc2[nH]c(=O)n(-c3ccccc3)c2n1. The summed E-state index contributed by atoms with van der Waals surface area (Å²) in [4.78, 5) is 23.3. The van der Waals surface area contributed by atoms with Crippen molar-refractivity contribution in [3.05, 3.63) is 47.0 Å². The number of hydrogen-bond donors (Lipinski definition) is 1. The molecule has 2 aromatic heterocycles. The van der Waals surface area contributed by atoms with Crippen molar-refractivity contribution in [2.24, 2.45) is 0 Å². The molecule has 0 aliphatic carbocycles. The predicted octanol–water partition coefficient (Wildman–Crippen LogP) is 1.83. The van der Waals surface area contributed by atoms with Crippen molar-refractivity contribution in [2.45, 2.75) is 5.03 Å². The molecule has 0 radical (unpaired) electrons. The van der Waals surface area contributed by atoms with Crippen LogP contribution in [-0.2, 0) is 0 Å². The van der Waals surface area contributed by atoms with E-state index in [1.807, 2.05) is 36.6 Å². The van der Waals surface area contributed by atoms with Gasteiger partial charge in [-0.25, -0.2) is 19.3 Å². The molecule has 0 spiro atoms. The normalized spacial score (nSPS) is 10.9. The van der Waals surface area contributed by atoms with Crippen LogP contribution in [0.4, 0.5) is 0 Å². The predicted molar refractivity (Wildman–Crippen MR) is 71.3 cm³/mol. The Morgan fingerprint density at radius 3 is 2.78 bits per heavy atom. The fourth-order valence-corrected chi connectivity index (χ4v) is 2.11. The van der Waals surface area contributed by atoms with Crippen molar-refractivity contribution in [1.82, 2.24) is 19.5 Å². The average molecular weight is 258 g/mol. The van der Waals surface area contributed by atoms with Crippen molar-refractivity contribution in [1.29, 1.82) is 0 Å². The van der Waals surface area contributed by atoms with Gasteiger partial charge in [0.1, 0.15) is 5.03 Å². The molecule has 3 rings (SSSR count). The number of rotatable bonds is 2. The highest BCUT2D eigenvalue weighted by Gasteiger charge is 2.11. The van der Waals surface area contributed by atoms with Gasteiger partial charge in [-0.05, 0) is 18.4 Å². The number of nitrogens with one attached hydrogen (secondary N) is 1. The summed E-state index contributed by atoms with van der Waals surface area (Å²) in [5.74, 6) is 0. The Hall–Kier alpha value is -2.08. The smallest absolute Gasteiger partial charge is 0.288 e. The van der Waals surface area contributed by atoms with Crippen molar-refractivity contribution in [2.75, 3.05) is 6.26 Å². The molecule has 5 nitrogen and oxygen atoms in total. The van der Waals surface area contributed by atoms with Crippen LogP contribution in [0.2, 0.25) is 0 Å². The first kappa shape index (κ1) is 11.0. The van der Waals surface area contributed by atoms with Crippen LogP contribution in [0.25, 0.3) is 17.0 Å². The van der Waals surface area contributed by atoms with Gasteiger partial charge in [0, 0.05) is 0 Å². The van der Waals surface area contributed by atoms with Gasteiger partial charge in [0.15, 0.2) is 11.3 Å². The Kier molecular flexibility index (Phi) is 2.64. The van der Waals surface area contributed by atoms with E-state index in [9.17, 15) is 4.79 Å². The Bertz CT molecular complexity index is 748. The van der Waals surface area contributed by atoms with Gasteiger partial charge in [0.25, 0.3) is 0 Å². The summed E-state index contributed by atoms with van der Waals surface area (Å²) in [7, 11) is 0. The van der Waals surface area contributed by atoms with Crippen molar-refractivity contribution < 1.29 is 0 Å². The lowest BCUT2D eigenvalue weighted by atomic mass is 10.3. The van der Waals surface area contributed by atoms with Gasteiger partial charge in [0.2, 0.25) is 0 Å². The van der Waals surface area contributed by atoms with Crippen LogP contribution in [0, 0.1) is 0 Å². The van der Waals surface area contributed by atoms with Crippen LogP contribution < -0.4 is 5.69 Å². The quantitative estimate of drug-likeness (QED) is 0.712. The number of aromatic nitrogens is 4. The van der Waals surface area contributed by atoms with Gasteiger partial charge in [-0.2, -0.15) is 0 Å². The van der Waals surface area contributed by atoms with E-state index < -0.39 is 0 Å². The van der Waals surface area contributed by atoms with Crippen LogP contribution >= 0.6 is 11.8 Å². The number of H-pyrrole nitrogens is 1. The fourth-order valence-electron chi connectivity index (χ4n) is 1.78. The third-order valence-corrected chi connectivity index (χ3v) is 3.21. The second-order valence-electron chi connectivity index (χ2n) is 3.69. The molecule has 0 atom stereocenters. The van der Waals surface area contributed by atoms with E-state index in [0.29, 0.717) is 11.3 Å². The van der Waals surface area contributed by atoms with E-state index in [1.165, 1.54) is 16.3 Å². The summed E-state index contributed by atoms with van der Waals surface area (Å²) in [6.45, 7) is 0. The lowest BCUT2D eigenvalue weighted by Crippen LogP contribution is -2.14. The molecule has 3 aromatic rings. The molecule has 0 bridgehead atoms. The van der Waals surface area contributed by atoms with Crippen molar-refractivity contribution in [3.63, 3.8) is 0 Å². The maximum atomic E-state index is 12.0. The third-order valence-electron chi connectivity index (χ3n) is 2.60. The maximum absolute atomic E-state index is 12.0. The molecule has 0 fully saturated rings. The van der Waals surface area contributed by atoms with E-state index in [4.69, 9.17) is 0 Å². The van der Waals surface area contributed by atoms with E-state index >= 15 is 0 Å². The number of imidazole rings is 1. The van der Waals surface area contributed by atoms with Crippen LogP contribution in [0.3, 0.4) is 0 Å². The molecule has 18 heavy (non-hydrogen) atoms. The van der Waals surface area contributed by atoms with Gasteiger partial charge < -0.3 is 0 Å². The Balaban J connectivity index is 2.34. The van der Waals surface area contributed by atoms with Crippen molar-refractivity contribution >= 4 is 23.1 Å². The van der Waals surface area contributed by atoms with Crippen LogP contribution in [0.1, 0.15) is 0 Å². The van der Waals surface area contributed by atoms with Gasteiger partial charge in [-0.3, -0.25) is 4.98 Å². The second-order valence-corrected chi connectivity index (χ2v) is 4.51. The van der Waals surface area contributed by atoms with E-state index in [2.05, 4.69) is 15.0 Å². The minimum absolute atomic E-state index is 0.227. The molecule has 0 unspecified atom stereocenters. The molecule has 1 aromatic carbocycles. The molecular weight excluding hydrogens is 248 g/mol. The highest BCUT2D eigenvalue weighted by molar-refractivity contribution is 7.98. The molecule has 2 heterocycles. The monoisotopic (exact) mass is 258 g/mol. The minimum Gasteiger partial charge on any atom is -0.288 e. The topological polar surface area (TPSA) is 63.6 Å². The highest BCUT2D eigenvalue weighted by Crippen LogP contribution is 2.16. The van der Waals surface area contributed by atoms with Gasteiger partial charge >= 0.3 is 5.69 Å². The molecule has 0 saturated carbocycles. The number of aromatic amines is 1. The van der Waals surface area contributed by atoms with Gasteiger partial charge in [0.05, 0.1) is 11.9 Å². The first-order valence-corrected chi connectivity index (χ1v) is 6.59. The van der Waals surface area contributed by atoms with Crippen LogP contribution in [-0.4, -0.2) is 25.8 Å². The molecule has 0 amide bonds. The molecule has 0 saturated heterocycles. The first-order valence-electron chi connectivity index (χ1n) is 5.37.